The molecule has 0 bridgehead atoms. The fourth-order valence-electron chi connectivity index (χ4n) is 8.81. The Morgan fingerprint density at radius 1 is 1.07 bits per heavy atom. The minimum absolute atomic E-state index is 0.00941. The van der Waals surface area contributed by atoms with E-state index in [0.717, 1.165) is 57.9 Å². The fourth-order valence-corrected chi connectivity index (χ4v) is 8.81. The van der Waals surface area contributed by atoms with Crippen molar-refractivity contribution in [2.24, 2.45) is 50.8 Å². The van der Waals surface area contributed by atoms with Crippen LogP contribution in [-0.4, -0.2) is 52.8 Å². The highest BCUT2D eigenvalue weighted by Gasteiger charge is 2.62. The molecule has 4 aliphatic carbocycles. The summed E-state index contributed by atoms with van der Waals surface area (Å²) in [6.45, 7) is 6.53. The van der Waals surface area contributed by atoms with Crippen molar-refractivity contribution in [3.05, 3.63) is 0 Å². The summed E-state index contributed by atoms with van der Waals surface area (Å²) in [6, 6.07) is 0. The van der Waals surface area contributed by atoms with E-state index in [-0.39, 0.29) is 23.4 Å². The summed E-state index contributed by atoms with van der Waals surface area (Å²) in [6.07, 6.45) is 9.31. The Bertz CT molecular complexity index is 724. The van der Waals surface area contributed by atoms with E-state index in [4.69, 9.17) is 0 Å². The molecular formula is C24H39N3O3. The van der Waals surface area contributed by atoms with E-state index in [1.165, 1.54) is 6.42 Å². The smallest absolute Gasteiger partial charge is 0.157 e. The van der Waals surface area contributed by atoms with E-state index >= 15 is 0 Å². The molecule has 4 saturated carbocycles. The van der Waals surface area contributed by atoms with Crippen LogP contribution < -0.4 is 0 Å². The molecule has 6 nitrogen and oxygen atoms in total. The lowest BCUT2D eigenvalue weighted by Crippen LogP contribution is -2.58. The van der Waals surface area contributed by atoms with Crippen molar-refractivity contribution in [3.63, 3.8) is 0 Å². The molecule has 5 rings (SSSR count). The average molecular weight is 418 g/mol. The Balaban J connectivity index is 1.36. The molecule has 30 heavy (non-hydrogen) atoms. The van der Waals surface area contributed by atoms with Crippen molar-refractivity contribution < 1.29 is 15.0 Å². The van der Waals surface area contributed by atoms with Crippen LogP contribution in [0.4, 0.5) is 0 Å². The van der Waals surface area contributed by atoms with Gasteiger partial charge in [-0.05, 0) is 99.2 Å². The number of fused-ring (bicyclic) bond motifs is 5. The van der Waals surface area contributed by atoms with E-state index < -0.39 is 5.60 Å². The Hall–Kier alpha value is -1.01. The van der Waals surface area contributed by atoms with Crippen LogP contribution >= 0.6 is 0 Å². The number of hydrogen-bond donors (Lipinski definition) is 2. The molecule has 0 aromatic rings. The third kappa shape index (κ3) is 3.08. The van der Waals surface area contributed by atoms with E-state index in [0.29, 0.717) is 42.5 Å². The van der Waals surface area contributed by atoms with Gasteiger partial charge in [0.05, 0.1) is 25.2 Å². The monoisotopic (exact) mass is 417 g/mol. The average Bonchev–Trinajstić information content (AvgIpc) is 3.34. The summed E-state index contributed by atoms with van der Waals surface area (Å²) >= 11 is 0. The number of aliphatic hydroxyl groups is 2. The number of carbonyl (C=O) groups is 1. The second-order valence-corrected chi connectivity index (χ2v) is 11.7. The van der Waals surface area contributed by atoms with Gasteiger partial charge in [0.1, 0.15) is 0 Å². The highest BCUT2D eigenvalue weighted by Crippen LogP contribution is 2.68. The quantitative estimate of drug-likeness (QED) is 0.731. The van der Waals surface area contributed by atoms with Crippen LogP contribution in [-0.2, 0) is 4.79 Å². The van der Waals surface area contributed by atoms with Crippen LogP contribution in [0.3, 0.4) is 0 Å². The number of Topliss-reactive ketones (excluding diaryl/α,β-unsaturated/α-hetero) is 1. The third-order valence-corrected chi connectivity index (χ3v) is 10.3. The molecule has 0 saturated heterocycles. The lowest BCUT2D eigenvalue weighted by molar-refractivity contribution is -0.171. The molecule has 168 valence electrons. The summed E-state index contributed by atoms with van der Waals surface area (Å²) < 4.78 is 0. The molecule has 5 aliphatic rings. The van der Waals surface area contributed by atoms with E-state index in [2.05, 4.69) is 17.3 Å². The zero-order valence-electron chi connectivity index (χ0n) is 18.7. The van der Waals surface area contributed by atoms with Gasteiger partial charge in [0, 0.05) is 12.5 Å². The van der Waals surface area contributed by atoms with Crippen LogP contribution in [0.25, 0.3) is 0 Å². The van der Waals surface area contributed by atoms with Gasteiger partial charge in [0.25, 0.3) is 0 Å². The first-order valence-electron chi connectivity index (χ1n) is 12.3. The molecule has 8 unspecified atom stereocenters. The third-order valence-electron chi connectivity index (χ3n) is 10.3. The maximum absolute atomic E-state index is 13.2. The Labute approximate surface area is 180 Å². The molecule has 6 heteroatoms. The molecule has 1 aliphatic heterocycles. The highest BCUT2D eigenvalue weighted by atomic mass is 16.3. The summed E-state index contributed by atoms with van der Waals surface area (Å²) in [7, 11) is 0. The number of hydrogen-bond acceptors (Lipinski definition) is 6. The van der Waals surface area contributed by atoms with Gasteiger partial charge in [-0.15, -0.1) is 0 Å². The van der Waals surface area contributed by atoms with Crippen molar-refractivity contribution in [3.8, 4) is 0 Å². The van der Waals surface area contributed by atoms with Crippen LogP contribution in [0.2, 0.25) is 0 Å². The largest absolute Gasteiger partial charge is 0.396 e. The highest BCUT2D eigenvalue weighted by molar-refractivity contribution is 5.84. The predicted octanol–water partition coefficient (Wildman–Crippen LogP) is 3.62. The van der Waals surface area contributed by atoms with E-state index in [1.54, 1.807) is 0 Å². The van der Waals surface area contributed by atoms with Gasteiger partial charge in [-0.2, -0.15) is 5.11 Å². The number of carbonyl (C=O) groups excluding carboxylic acids is 1. The second-order valence-electron chi connectivity index (χ2n) is 11.7. The normalized spacial score (nSPS) is 50.1. The first-order valence-corrected chi connectivity index (χ1v) is 12.3. The summed E-state index contributed by atoms with van der Waals surface area (Å²) in [5.74, 6) is 2.72. The number of rotatable bonds is 4. The molecule has 0 spiro atoms. The Morgan fingerprint density at radius 2 is 1.90 bits per heavy atom. The Morgan fingerprint density at radius 3 is 2.63 bits per heavy atom. The zero-order valence-corrected chi connectivity index (χ0v) is 18.7. The number of nitrogens with zero attached hydrogens (tertiary/aromatic N) is 3. The van der Waals surface area contributed by atoms with Crippen molar-refractivity contribution in [2.75, 3.05) is 26.2 Å². The summed E-state index contributed by atoms with van der Waals surface area (Å²) in [4.78, 5) is 13.2. The standard InChI is InChI=1S/C24H39N3O3/c1-22(30)9-10-24(15-28)16(13-22)3-4-17-18-5-6-20(23(18,2)8-7-19(17)24)21(29)14-27-12-11-25-26-27/h16-20,28,30H,3-15H2,1-2H3. The molecule has 0 radical (unpaired) electrons. The minimum Gasteiger partial charge on any atom is -0.396 e. The molecule has 4 fully saturated rings. The topological polar surface area (TPSA) is 85.5 Å². The summed E-state index contributed by atoms with van der Waals surface area (Å²) in [5.41, 5.74) is -0.486. The minimum atomic E-state index is -0.572. The molecular weight excluding hydrogens is 378 g/mol. The fraction of sp³-hybridized carbons (Fsp3) is 0.958. The van der Waals surface area contributed by atoms with Gasteiger partial charge in [-0.25, -0.2) is 0 Å². The molecule has 2 N–H and O–H groups in total. The van der Waals surface area contributed by atoms with E-state index in [1.807, 2.05) is 11.9 Å². The predicted molar refractivity (Wildman–Crippen MR) is 114 cm³/mol. The van der Waals surface area contributed by atoms with Gasteiger partial charge in [-0.1, -0.05) is 12.1 Å². The number of aliphatic hydroxyl groups excluding tert-OH is 1. The van der Waals surface area contributed by atoms with Gasteiger partial charge >= 0.3 is 0 Å². The number of ketones is 1. The lowest BCUT2D eigenvalue weighted by Gasteiger charge is -2.62. The summed E-state index contributed by atoms with van der Waals surface area (Å²) in [5, 5.41) is 31.3. The van der Waals surface area contributed by atoms with Crippen LogP contribution in [0.1, 0.15) is 71.6 Å². The van der Waals surface area contributed by atoms with Crippen molar-refractivity contribution >= 4 is 5.78 Å². The van der Waals surface area contributed by atoms with Gasteiger partial charge in [0.15, 0.2) is 5.78 Å². The SMILES string of the molecule is CC1(O)CCC2(CO)C(CCC3C4CCC(C(=O)CN5CCN=N5)C4(C)CCC32)C1. The van der Waals surface area contributed by atoms with Crippen LogP contribution in [0.5, 0.6) is 0 Å². The molecule has 1 heterocycles. The molecule has 0 amide bonds. The van der Waals surface area contributed by atoms with Crippen LogP contribution in [0, 0.1) is 40.4 Å². The first-order chi connectivity index (χ1) is 14.3. The van der Waals surface area contributed by atoms with Crippen molar-refractivity contribution in [1.29, 1.82) is 0 Å². The van der Waals surface area contributed by atoms with E-state index in [9.17, 15) is 15.0 Å². The van der Waals surface area contributed by atoms with Gasteiger partial charge < -0.3 is 10.2 Å². The van der Waals surface area contributed by atoms with Gasteiger partial charge in [-0.3, -0.25) is 9.80 Å². The van der Waals surface area contributed by atoms with Crippen LogP contribution in [0.15, 0.2) is 10.3 Å². The van der Waals surface area contributed by atoms with Crippen molar-refractivity contribution in [1.82, 2.24) is 5.01 Å². The molecule has 8 atom stereocenters. The maximum atomic E-state index is 13.2. The van der Waals surface area contributed by atoms with Gasteiger partial charge in [0.2, 0.25) is 0 Å². The molecule has 0 aromatic heterocycles. The lowest BCUT2D eigenvalue weighted by atomic mass is 9.43. The van der Waals surface area contributed by atoms with Crippen molar-refractivity contribution in [2.45, 2.75) is 77.2 Å². The second kappa shape index (κ2) is 7.26. The Kier molecular flexibility index (Phi) is 5.05. The zero-order chi connectivity index (χ0) is 21.1. The molecule has 0 aromatic carbocycles. The maximum Gasteiger partial charge on any atom is 0.157 e. The first kappa shape index (κ1) is 20.9.